The maximum atomic E-state index is 14.2. The normalized spacial score (nSPS) is 16.9. The molecule has 2 aliphatic heterocycles. The van der Waals surface area contributed by atoms with Crippen LogP contribution >= 0.6 is 0 Å². The smallest absolute Gasteiger partial charge is 0.354 e. The monoisotopic (exact) mass is 548 g/mol. The van der Waals surface area contributed by atoms with Crippen molar-refractivity contribution in [2.45, 2.75) is 31.8 Å². The van der Waals surface area contributed by atoms with Gasteiger partial charge in [-0.15, -0.1) is 0 Å². The van der Waals surface area contributed by atoms with Crippen LogP contribution in [0.3, 0.4) is 0 Å². The molecule has 2 aliphatic rings. The van der Waals surface area contributed by atoms with Gasteiger partial charge in [0.1, 0.15) is 5.54 Å². The van der Waals surface area contributed by atoms with Gasteiger partial charge in [0.05, 0.1) is 11.4 Å². The second-order valence-electron chi connectivity index (χ2n) is 10.3. The molecule has 1 spiro atoms. The first-order chi connectivity index (χ1) is 19.9. The largest absolute Gasteiger partial charge is 0.477 e. The summed E-state index contributed by atoms with van der Waals surface area (Å²) in [5.41, 5.74) is 2.96. The van der Waals surface area contributed by atoms with E-state index in [1.54, 1.807) is 18.3 Å². The maximum Gasteiger partial charge on any atom is 0.354 e. The van der Waals surface area contributed by atoms with Crippen LogP contribution < -0.4 is 9.80 Å². The number of carboxylic acids is 1. The first-order valence-corrected chi connectivity index (χ1v) is 13.4. The molecule has 0 saturated carbocycles. The number of carboxylic acid groups (broad SMARTS) is 1. The van der Waals surface area contributed by atoms with Crippen LogP contribution in [0.1, 0.15) is 34.6 Å². The SMILES string of the molecule is Cc1cccnc1CN1CCC2(CC1)C(=O)N(c1ccc(-c3ccccc3)cc1)C(=O)N2c1nccc(C(=O)O)n1. The molecule has 0 atom stereocenters. The third kappa shape index (κ3) is 4.72. The van der Waals surface area contributed by atoms with Gasteiger partial charge in [-0.25, -0.2) is 29.4 Å². The van der Waals surface area contributed by atoms with Crippen LogP contribution in [0.4, 0.5) is 16.4 Å². The minimum atomic E-state index is -1.25. The number of anilines is 2. The van der Waals surface area contributed by atoms with Crippen molar-refractivity contribution < 1.29 is 19.5 Å². The Kier molecular flexibility index (Phi) is 6.76. The second kappa shape index (κ2) is 10.5. The highest BCUT2D eigenvalue weighted by atomic mass is 16.4. The Bertz CT molecular complexity index is 1620. The van der Waals surface area contributed by atoms with E-state index in [4.69, 9.17) is 0 Å². The van der Waals surface area contributed by atoms with Crippen molar-refractivity contribution in [3.05, 3.63) is 102 Å². The standard InChI is InChI=1S/C31H28N6O4/c1-21-6-5-16-32-26(21)20-35-18-14-31(15-19-35)28(40)36(24-11-9-23(10-12-24)22-7-3-2-4-8-22)30(41)37(31)29-33-17-13-25(34-29)27(38)39/h2-13,16-17H,14-15,18-20H2,1H3,(H,38,39). The van der Waals surface area contributed by atoms with Gasteiger partial charge in [0, 0.05) is 32.0 Å². The Morgan fingerprint density at radius 2 is 1.59 bits per heavy atom. The van der Waals surface area contributed by atoms with Crippen molar-refractivity contribution in [3.8, 4) is 11.1 Å². The van der Waals surface area contributed by atoms with E-state index < -0.39 is 17.5 Å². The lowest BCUT2D eigenvalue weighted by Crippen LogP contribution is -2.57. The summed E-state index contributed by atoms with van der Waals surface area (Å²) in [7, 11) is 0. The molecule has 0 radical (unpaired) electrons. The van der Waals surface area contributed by atoms with Crippen molar-refractivity contribution in [1.29, 1.82) is 0 Å². The highest BCUT2D eigenvalue weighted by Gasteiger charge is 2.60. The molecule has 1 N–H and O–H groups in total. The summed E-state index contributed by atoms with van der Waals surface area (Å²) in [5.74, 6) is -1.71. The summed E-state index contributed by atoms with van der Waals surface area (Å²) < 4.78 is 0. The predicted molar refractivity (Wildman–Crippen MR) is 152 cm³/mol. The lowest BCUT2D eigenvalue weighted by molar-refractivity contribution is -0.123. The highest BCUT2D eigenvalue weighted by molar-refractivity contribution is 6.30. The quantitative estimate of drug-likeness (QED) is 0.349. The van der Waals surface area contributed by atoms with Gasteiger partial charge >= 0.3 is 12.0 Å². The topological polar surface area (TPSA) is 120 Å². The third-order valence-corrected chi connectivity index (χ3v) is 7.88. The van der Waals surface area contributed by atoms with Crippen LogP contribution in [0.15, 0.2) is 85.2 Å². The molecule has 10 nitrogen and oxygen atoms in total. The van der Waals surface area contributed by atoms with Gasteiger partial charge in [0.2, 0.25) is 5.95 Å². The number of urea groups is 1. The molecule has 3 amide bonds. The first-order valence-electron chi connectivity index (χ1n) is 13.4. The van der Waals surface area contributed by atoms with Crippen molar-refractivity contribution in [2.75, 3.05) is 22.9 Å². The van der Waals surface area contributed by atoms with Crippen LogP contribution in [0.2, 0.25) is 0 Å². The van der Waals surface area contributed by atoms with Gasteiger partial charge in [-0.3, -0.25) is 14.7 Å². The summed E-state index contributed by atoms with van der Waals surface area (Å²) in [5, 5.41) is 9.54. The van der Waals surface area contributed by atoms with Crippen LogP contribution in [0, 0.1) is 6.92 Å². The van der Waals surface area contributed by atoms with Gasteiger partial charge in [0.25, 0.3) is 5.91 Å². The lowest BCUT2D eigenvalue weighted by Gasteiger charge is -2.41. The minimum absolute atomic E-state index is 0.0966. The summed E-state index contributed by atoms with van der Waals surface area (Å²) in [6, 6.07) is 21.7. The maximum absolute atomic E-state index is 14.2. The number of rotatable bonds is 6. The molecule has 41 heavy (non-hydrogen) atoms. The Labute approximate surface area is 236 Å². The molecular formula is C31H28N6O4. The number of carbonyl (C=O) groups is 3. The van der Waals surface area contributed by atoms with E-state index in [9.17, 15) is 19.5 Å². The van der Waals surface area contributed by atoms with E-state index >= 15 is 0 Å². The number of amides is 3. The molecule has 6 rings (SSSR count). The van der Waals surface area contributed by atoms with Crippen LogP contribution in [-0.4, -0.2) is 61.5 Å². The van der Waals surface area contributed by atoms with Crippen molar-refractivity contribution in [1.82, 2.24) is 19.9 Å². The average molecular weight is 549 g/mol. The van der Waals surface area contributed by atoms with Gasteiger partial charge < -0.3 is 5.11 Å². The first kappa shape index (κ1) is 26.3. The number of hydrogen-bond donors (Lipinski definition) is 1. The van der Waals surface area contributed by atoms with Gasteiger partial charge in [-0.05, 0) is 60.7 Å². The van der Waals surface area contributed by atoms with E-state index in [-0.39, 0.29) is 17.5 Å². The zero-order valence-electron chi connectivity index (χ0n) is 22.5. The van der Waals surface area contributed by atoms with Crippen molar-refractivity contribution in [3.63, 3.8) is 0 Å². The Hall–Kier alpha value is -4.96. The van der Waals surface area contributed by atoms with Crippen LogP contribution in [0.25, 0.3) is 11.1 Å². The second-order valence-corrected chi connectivity index (χ2v) is 10.3. The van der Waals surface area contributed by atoms with E-state index in [1.165, 1.54) is 22.1 Å². The Morgan fingerprint density at radius 3 is 2.27 bits per heavy atom. The number of benzene rings is 2. The molecule has 0 unspecified atom stereocenters. The third-order valence-electron chi connectivity index (χ3n) is 7.88. The molecule has 4 heterocycles. The summed E-state index contributed by atoms with van der Waals surface area (Å²) in [4.78, 5) is 57.5. The molecule has 0 bridgehead atoms. The number of aryl methyl sites for hydroxylation is 1. The number of nitrogens with zero attached hydrogens (tertiary/aromatic N) is 6. The van der Waals surface area contributed by atoms with E-state index in [2.05, 4.69) is 19.9 Å². The fourth-order valence-corrected chi connectivity index (χ4v) is 5.60. The minimum Gasteiger partial charge on any atom is -0.477 e. The highest BCUT2D eigenvalue weighted by Crippen LogP contribution is 2.42. The van der Waals surface area contributed by atoms with Crippen LogP contribution in [0.5, 0.6) is 0 Å². The van der Waals surface area contributed by atoms with E-state index in [0.29, 0.717) is 38.2 Å². The summed E-state index contributed by atoms with van der Waals surface area (Å²) >= 11 is 0. The number of pyridine rings is 1. The Balaban J connectivity index is 1.34. The molecule has 2 aromatic carbocycles. The van der Waals surface area contributed by atoms with Crippen LogP contribution in [-0.2, 0) is 11.3 Å². The molecular weight excluding hydrogens is 520 g/mol. The van der Waals surface area contributed by atoms with Gasteiger partial charge in [-0.1, -0.05) is 48.5 Å². The number of piperidine rings is 1. The fourth-order valence-electron chi connectivity index (χ4n) is 5.60. The van der Waals surface area contributed by atoms with Gasteiger partial charge in [0.15, 0.2) is 5.69 Å². The number of hydrogen-bond acceptors (Lipinski definition) is 7. The molecule has 4 aromatic rings. The summed E-state index contributed by atoms with van der Waals surface area (Å²) in [6.45, 7) is 3.71. The molecule has 0 aliphatic carbocycles. The molecule has 10 heteroatoms. The van der Waals surface area contributed by atoms with Gasteiger partial charge in [-0.2, -0.15) is 0 Å². The van der Waals surface area contributed by atoms with Crippen molar-refractivity contribution >= 4 is 29.5 Å². The number of likely N-dealkylation sites (tertiary alicyclic amines) is 1. The van der Waals surface area contributed by atoms with Crippen molar-refractivity contribution in [2.24, 2.45) is 0 Å². The predicted octanol–water partition coefficient (Wildman–Crippen LogP) is 4.55. The zero-order valence-corrected chi connectivity index (χ0v) is 22.5. The fraction of sp³-hybridized carbons (Fsp3) is 0.226. The number of aromatic carboxylic acids is 1. The lowest BCUT2D eigenvalue weighted by atomic mass is 9.85. The Morgan fingerprint density at radius 1 is 0.878 bits per heavy atom. The number of carbonyl (C=O) groups excluding carboxylic acids is 2. The zero-order chi connectivity index (χ0) is 28.6. The average Bonchev–Trinajstić information content (AvgIpc) is 3.21. The molecule has 206 valence electrons. The van der Waals surface area contributed by atoms with E-state index in [0.717, 1.165) is 22.4 Å². The molecule has 2 saturated heterocycles. The number of aromatic nitrogens is 3. The summed E-state index contributed by atoms with van der Waals surface area (Å²) in [6.07, 6.45) is 3.74. The van der Waals surface area contributed by atoms with E-state index in [1.807, 2.05) is 61.5 Å². The number of imide groups is 1. The molecule has 2 aromatic heterocycles. The molecule has 2 fully saturated rings.